The lowest BCUT2D eigenvalue weighted by molar-refractivity contribution is 0.177. The minimum Gasteiger partial charge on any atom is -0.393 e. The molecular formula is C13H22N2O3S. The molecule has 0 radical (unpaired) electrons. The molecular weight excluding hydrogens is 264 g/mol. The van der Waals surface area contributed by atoms with E-state index >= 15 is 0 Å². The molecule has 1 rings (SSSR count). The summed E-state index contributed by atoms with van der Waals surface area (Å²) in [6, 6.07) is 7.26. The Morgan fingerprint density at radius 1 is 1.37 bits per heavy atom. The van der Waals surface area contributed by atoms with Crippen LogP contribution in [0.4, 0.5) is 0 Å². The van der Waals surface area contributed by atoms with E-state index in [9.17, 15) is 13.5 Å². The van der Waals surface area contributed by atoms with Gasteiger partial charge in [-0.2, -0.15) is 0 Å². The molecule has 0 saturated heterocycles. The van der Waals surface area contributed by atoms with Crippen molar-refractivity contribution >= 4 is 10.0 Å². The van der Waals surface area contributed by atoms with Crippen LogP contribution in [0, 0.1) is 0 Å². The largest absolute Gasteiger partial charge is 0.393 e. The molecule has 0 spiro atoms. The number of nitrogens with zero attached hydrogens (tertiary/aromatic N) is 1. The Morgan fingerprint density at radius 3 is 2.58 bits per heavy atom. The maximum atomic E-state index is 12.1. The highest BCUT2D eigenvalue weighted by molar-refractivity contribution is 7.88. The molecule has 6 heteroatoms. The van der Waals surface area contributed by atoms with Gasteiger partial charge >= 0.3 is 0 Å². The van der Waals surface area contributed by atoms with Crippen molar-refractivity contribution in [3.8, 4) is 0 Å². The van der Waals surface area contributed by atoms with Gasteiger partial charge in [-0.1, -0.05) is 24.3 Å². The van der Waals surface area contributed by atoms with Gasteiger partial charge in [-0.05, 0) is 24.5 Å². The van der Waals surface area contributed by atoms with Crippen LogP contribution >= 0.6 is 0 Å². The van der Waals surface area contributed by atoms with Crippen LogP contribution < -0.4 is 5.73 Å². The predicted molar refractivity (Wildman–Crippen MR) is 75.9 cm³/mol. The van der Waals surface area contributed by atoms with Crippen molar-refractivity contribution in [1.29, 1.82) is 0 Å². The molecule has 1 aromatic rings. The van der Waals surface area contributed by atoms with Crippen LogP contribution in [-0.4, -0.2) is 37.5 Å². The van der Waals surface area contributed by atoms with Crippen molar-refractivity contribution < 1.29 is 13.5 Å². The van der Waals surface area contributed by atoms with Crippen LogP contribution in [0.3, 0.4) is 0 Å². The van der Waals surface area contributed by atoms with Gasteiger partial charge in [0.1, 0.15) is 0 Å². The smallest absolute Gasteiger partial charge is 0.218 e. The molecule has 0 aliphatic carbocycles. The van der Waals surface area contributed by atoms with Gasteiger partial charge in [-0.15, -0.1) is 0 Å². The van der Waals surface area contributed by atoms with Gasteiger partial charge in [-0.25, -0.2) is 12.7 Å². The average molecular weight is 286 g/mol. The molecule has 0 heterocycles. The first-order valence-corrected chi connectivity index (χ1v) is 7.86. The summed E-state index contributed by atoms with van der Waals surface area (Å²) in [5.74, 6) is -0.0445. The van der Waals surface area contributed by atoms with Gasteiger partial charge < -0.3 is 10.8 Å². The van der Waals surface area contributed by atoms with Gasteiger partial charge in [-0.3, -0.25) is 0 Å². The van der Waals surface area contributed by atoms with E-state index < -0.39 is 16.1 Å². The van der Waals surface area contributed by atoms with E-state index in [-0.39, 0.29) is 5.75 Å². The van der Waals surface area contributed by atoms with E-state index in [2.05, 4.69) is 0 Å². The number of hydrogen-bond donors (Lipinski definition) is 2. The van der Waals surface area contributed by atoms with Gasteiger partial charge in [0.05, 0.1) is 11.9 Å². The van der Waals surface area contributed by atoms with Gasteiger partial charge in [0.15, 0.2) is 0 Å². The van der Waals surface area contributed by atoms with Gasteiger partial charge in [0.25, 0.3) is 0 Å². The van der Waals surface area contributed by atoms with Crippen molar-refractivity contribution in [2.24, 2.45) is 5.73 Å². The van der Waals surface area contributed by atoms with Gasteiger partial charge in [0.2, 0.25) is 10.0 Å². The second-order valence-corrected chi connectivity index (χ2v) is 6.82. The number of sulfonamides is 1. The maximum absolute atomic E-state index is 12.1. The van der Waals surface area contributed by atoms with Crippen LogP contribution in [0.25, 0.3) is 0 Å². The topological polar surface area (TPSA) is 83.6 Å². The Bertz CT molecular complexity index is 500. The zero-order valence-electron chi connectivity index (χ0n) is 11.4. The molecule has 0 amide bonds. The summed E-state index contributed by atoms with van der Waals surface area (Å²) in [5.41, 5.74) is 7.18. The molecule has 0 saturated carbocycles. The third kappa shape index (κ3) is 5.28. The molecule has 0 aromatic heterocycles. The summed E-state index contributed by atoms with van der Waals surface area (Å²) in [6.07, 6.45) is -0.0725. The third-order valence-electron chi connectivity index (χ3n) is 2.91. The zero-order valence-corrected chi connectivity index (χ0v) is 12.2. The highest BCUT2D eigenvalue weighted by Gasteiger charge is 2.18. The van der Waals surface area contributed by atoms with Crippen molar-refractivity contribution in [1.82, 2.24) is 4.31 Å². The predicted octanol–water partition coefficient (Wildman–Crippen LogP) is 0.678. The summed E-state index contributed by atoms with van der Waals surface area (Å²) in [6.45, 7) is 2.35. The van der Waals surface area contributed by atoms with Crippen molar-refractivity contribution in [3.63, 3.8) is 0 Å². The second-order valence-electron chi connectivity index (χ2n) is 4.74. The molecule has 0 aliphatic heterocycles. The lowest BCUT2D eigenvalue weighted by atomic mass is 10.1. The summed E-state index contributed by atoms with van der Waals surface area (Å²) in [5, 5.41) is 9.19. The fourth-order valence-electron chi connectivity index (χ4n) is 1.67. The Kier molecular flexibility index (Phi) is 5.93. The summed E-state index contributed by atoms with van der Waals surface area (Å²) >= 11 is 0. The molecule has 19 heavy (non-hydrogen) atoms. The van der Waals surface area contributed by atoms with E-state index in [0.717, 1.165) is 11.1 Å². The number of benzene rings is 1. The average Bonchev–Trinajstić information content (AvgIpc) is 2.35. The highest BCUT2D eigenvalue weighted by Crippen LogP contribution is 2.12. The first-order chi connectivity index (χ1) is 8.85. The molecule has 108 valence electrons. The number of hydrogen-bond acceptors (Lipinski definition) is 4. The van der Waals surface area contributed by atoms with Crippen LogP contribution in [0.1, 0.15) is 24.5 Å². The standard InChI is InChI=1S/C13H22N2O3S/c1-11(16)6-7-15(2)19(17,18)10-13-5-3-4-12(8-13)9-14/h3-5,8,11,16H,6-7,9-10,14H2,1-2H3. The van der Waals surface area contributed by atoms with Crippen molar-refractivity contribution in [2.75, 3.05) is 13.6 Å². The molecule has 1 atom stereocenters. The lowest BCUT2D eigenvalue weighted by Crippen LogP contribution is -2.30. The monoisotopic (exact) mass is 286 g/mol. The second kappa shape index (κ2) is 7.00. The van der Waals surface area contributed by atoms with E-state index in [1.165, 1.54) is 11.4 Å². The number of nitrogens with two attached hydrogens (primary N) is 1. The maximum Gasteiger partial charge on any atom is 0.218 e. The van der Waals surface area contributed by atoms with Crippen molar-refractivity contribution in [3.05, 3.63) is 35.4 Å². The zero-order chi connectivity index (χ0) is 14.5. The molecule has 3 N–H and O–H groups in total. The molecule has 0 bridgehead atoms. The first kappa shape index (κ1) is 16.1. The lowest BCUT2D eigenvalue weighted by Gasteiger charge is -2.18. The minimum absolute atomic E-state index is 0.0445. The van der Waals surface area contributed by atoms with E-state index in [4.69, 9.17) is 5.73 Å². The van der Waals surface area contributed by atoms with E-state index in [1.807, 2.05) is 12.1 Å². The molecule has 0 aliphatic rings. The molecule has 5 nitrogen and oxygen atoms in total. The molecule has 0 fully saturated rings. The Labute approximate surface area is 115 Å². The van der Waals surface area contributed by atoms with Gasteiger partial charge in [0, 0.05) is 20.1 Å². The fourth-order valence-corrected chi connectivity index (χ4v) is 2.88. The SMILES string of the molecule is CC(O)CCN(C)S(=O)(=O)Cc1cccc(CN)c1. The Morgan fingerprint density at radius 2 is 2.00 bits per heavy atom. The molecule has 1 unspecified atom stereocenters. The Hall–Kier alpha value is -0.950. The normalized spacial score (nSPS) is 13.7. The summed E-state index contributed by atoms with van der Waals surface area (Å²) in [4.78, 5) is 0. The molecule has 1 aromatic carbocycles. The summed E-state index contributed by atoms with van der Waals surface area (Å²) in [7, 11) is -1.82. The quantitative estimate of drug-likeness (QED) is 0.772. The van der Waals surface area contributed by atoms with E-state index in [1.54, 1.807) is 19.1 Å². The van der Waals surface area contributed by atoms with Crippen LogP contribution in [0.15, 0.2) is 24.3 Å². The third-order valence-corrected chi connectivity index (χ3v) is 4.74. The fraction of sp³-hybridized carbons (Fsp3) is 0.538. The number of aliphatic hydroxyl groups excluding tert-OH is 1. The van der Waals surface area contributed by atoms with Crippen LogP contribution in [0.2, 0.25) is 0 Å². The van der Waals surface area contributed by atoms with Crippen LogP contribution in [-0.2, 0) is 22.3 Å². The minimum atomic E-state index is -3.35. The summed E-state index contributed by atoms with van der Waals surface area (Å²) < 4.78 is 25.5. The number of aliphatic hydroxyl groups is 1. The first-order valence-electron chi connectivity index (χ1n) is 6.25. The van der Waals surface area contributed by atoms with Crippen LogP contribution in [0.5, 0.6) is 0 Å². The van der Waals surface area contributed by atoms with E-state index in [0.29, 0.717) is 19.5 Å². The highest BCUT2D eigenvalue weighted by atomic mass is 32.2. The Balaban J connectivity index is 2.72. The van der Waals surface area contributed by atoms with Crippen molar-refractivity contribution in [2.45, 2.75) is 31.7 Å². The number of rotatable bonds is 7.